The highest BCUT2D eigenvalue weighted by Crippen LogP contribution is 2.26. The summed E-state index contributed by atoms with van der Waals surface area (Å²) in [6.07, 6.45) is 2.19. The SMILES string of the molecule is CCc1nc2ccc(Br)cc2c(=O)n1N=Cc1cc(I)c(O)c(I)c1. The van der Waals surface area contributed by atoms with Crippen molar-refractivity contribution in [3.05, 3.63) is 63.7 Å². The Labute approximate surface area is 179 Å². The van der Waals surface area contributed by atoms with Crippen LogP contribution in [0.2, 0.25) is 0 Å². The van der Waals surface area contributed by atoms with E-state index in [1.807, 2.05) is 31.2 Å². The lowest BCUT2D eigenvalue weighted by Crippen LogP contribution is -2.22. The Hall–Kier alpha value is -1.01. The fraction of sp³-hybridized carbons (Fsp3) is 0.118. The van der Waals surface area contributed by atoms with E-state index in [0.29, 0.717) is 23.1 Å². The third-order valence-corrected chi connectivity index (χ3v) is 5.69. The molecule has 0 amide bonds. The predicted molar refractivity (Wildman–Crippen MR) is 120 cm³/mol. The number of nitrogens with zero attached hydrogens (tertiary/aromatic N) is 3. The number of aryl methyl sites for hydroxylation is 1. The van der Waals surface area contributed by atoms with Crippen molar-refractivity contribution in [2.24, 2.45) is 5.10 Å². The number of aromatic hydroxyl groups is 1. The Balaban J connectivity index is 2.15. The van der Waals surface area contributed by atoms with E-state index < -0.39 is 0 Å². The number of phenols is 1. The Kier molecular flexibility index (Phi) is 5.78. The van der Waals surface area contributed by atoms with Crippen molar-refractivity contribution in [3.63, 3.8) is 0 Å². The van der Waals surface area contributed by atoms with E-state index in [9.17, 15) is 9.90 Å². The quantitative estimate of drug-likeness (QED) is 0.345. The summed E-state index contributed by atoms with van der Waals surface area (Å²) in [5, 5.41) is 14.7. The molecule has 0 saturated carbocycles. The zero-order valence-corrected chi connectivity index (χ0v) is 18.9. The second-order valence-electron chi connectivity index (χ2n) is 5.24. The number of phenolic OH excluding ortho intramolecular Hbond substituents is 1. The number of benzene rings is 2. The van der Waals surface area contributed by atoms with Gasteiger partial charge in [0.15, 0.2) is 0 Å². The van der Waals surface area contributed by atoms with Crippen LogP contribution < -0.4 is 5.56 Å². The van der Waals surface area contributed by atoms with Gasteiger partial charge in [0.25, 0.3) is 5.56 Å². The van der Waals surface area contributed by atoms with Crippen LogP contribution in [0, 0.1) is 7.14 Å². The van der Waals surface area contributed by atoms with Crippen LogP contribution in [-0.4, -0.2) is 21.0 Å². The molecule has 0 saturated heterocycles. The fourth-order valence-corrected chi connectivity index (χ4v) is 4.50. The molecule has 0 atom stereocenters. The summed E-state index contributed by atoms with van der Waals surface area (Å²) in [6, 6.07) is 9.05. The normalized spacial score (nSPS) is 11.5. The molecular formula is C17H12BrI2N3O2. The molecule has 3 rings (SSSR count). The van der Waals surface area contributed by atoms with Gasteiger partial charge in [-0.25, -0.2) is 4.98 Å². The molecule has 25 heavy (non-hydrogen) atoms. The minimum absolute atomic E-state index is 0.206. The molecule has 0 aliphatic rings. The summed E-state index contributed by atoms with van der Waals surface area (Å²) in [7, 11) is 0. The Morgan fingerprint density at radius 2 is 1.96 bits per heavy atom. The van der Waals surface area contributed by atoms with Gasteiger partial charge in [-0.1, -0.05) is 22.9 Å². The largest absolute Gasteiger partial charge is 0.506 e. The number of rotatable bonds is 3. The number of fused-ring (bicyclic) bond motifs is 1. The van der Waals surface area contributed by atoms with E-state index in [2.05, 4.69) is 71.2 Å². The Morgan fingerprint density at radius 3 is 2.60 bits per heavy atom. The molecule has 0 aliphatic heterocycles. The lowest BCUT2D eigenvalue weighted by molar-refractivity contribution is 0.467. The van der Waals surface area contributed by atoms with Gasteiger partial charge in [-0.05, 0) is 81.1 Å². The van der Waals surface area contributed by atoms with Gasteiger partial charge in [0.2, 0.25) is 0 Å². The lowest BCUT2D eigenvalue weighted by atomic mass is 10.2. The zero-order valence-electron chi connectivity index (χ0n) is 13.0. The molecule has 0 fully saturated rings. The van der Waals surface area contributed by atoms with Gasteiger partial charge >= 0.3 is 0 Å². The Morgan fingerprint density at radius 1 is 1.28 bits per heavy atom. The van der Waals surface area contributed by atoms with Crippen LogP contribution in [0.4, 0.5) is 0 Å². The van der Waals surface area contributed by atoms with Crippen molar-refractivity contribution in [1.29, 1.82) is 0 Å². The molecular weight excluding hydrogens is 612 g/mol. The summed E-state index contributed by atoms with van der Waals surface area (Å²) < 4.78 is 3.62. The second kappa shape index (κ2) is 7.70. The van der Waals surface area contributed by atoms with Gasteiger partial charge in [-0.15, -0.1) is 0 Å². The van der Waals surface area contributed by atoms with Crippen LogP contribution in [0.1, 0.15) is 18.3 Å². The lowest BCUT2D eigenvalue weighted by Gasteiger charge is -2.08. The smallest absolute Gasteiger partial charge is 0.282 e. The molecule has 0 spiro atoms. The molecule has 0 radical (unpaired) electrons. The van der Waals surface area contributed by atoms with Gasteiger partial charge in [0.1, 0.15) is 11.6 Å². The molecule has 5 nitrogen and oxygen atoms in total. The van der Waals surface area contributed by atoms with Crippen molar-refractivity contribution < 1.29 is 5.11 Å². The first-order chi connectivity index (χ1) is 11.9. The maximum Gasteiger partial charge on any atom is 0.282 e. The van der Waals surface area contributed by atoms with Gasteiger partial charge in [0.05, 0.1) is 24.3 Å². The molecule has 0 aliphatic carbocycles. The molecule has 1 N–H and O–H groups in total. The van der Waals surface area contributed by atoms with Crippen molar-refractivity contribution in [2.45, 2.75) is 13.3 Å². The highest BCUT2D eigenvalue weighted by atomic mass is 127. The van der Waals surface area contributed by atoms with Crippen molar-refractivity contribution in [3.8, 4) is 5.75 Å². The highest BCUT2D eigenvalue weighted by molar-refractivity contribution is 14.1. The second-order valence-corrected chi connectivity index (χ2v) is 8.48. The minimum atomic E-state index is -0.206. The molecule has 3 aromatic rings. The van der Waals surface area contributed by atoms with Crippen LogP contribution in [0.25, 0.3) is 10.9 Å². The van der Waals surface area contributed by atoms with E-state index in [4.69, 9.17) is 0 Å². The standard InChI is InChI=1S/C17H12BrI2N3O2/c1-2-15-22-14-4-3-10(18)7-11(14)17(25)23(15)21-8-9-5-12(19)16(24)13(20)6-9/h3-8,24H,2H2,1H3. The molecule has 0 unspecified atom stereocenters. The number of aromatic nitrogens is 2. The predicted octanol–water partition coefficient (Wildman–Crippen LogP) is 4.52. The summed E-state index contributed by atoms with van der Waals surface area (Å²) in [5.41, 5.74) is 1.25. The average molecular weight is 624 g/mol. The monoisotopic (exact) mass is 623 g/mol. The first kappa shape index (κ1) is 18.8. The van der Waals surface area contributed by atoms with E-state index in [1.165, 1.54) is 4.68 Å². The summed E-state index contributed by atoms with van der Waals surface area (Å²) in [4.78, 5) is 17.4. The molecule has 1 aromatic heterocycles. The first-order valence-electron chi connectivity index (χ1n) is 7.34. The minimum Gasteiger partial charge on any atom is -0.506 e. The van der Waals surface area contributed by atoms with Gasteiger partial charge in [-0.2, -0.15) is 9.78 Å². The third-order valence-electron chi connectivity index (χ3n) is 3.55. The topological polar surface area (TPSA) is 67.5 Å². The fourth-order valence-electron chi connectivity index (χ4n) is 2.33. The number of halogens is 3. The molecule has 8 heteroatoms. The van der Waals surface area contributed by atoms with E-state index in [-0.39, 0.29) is 11.3 Å². The summed E-state index contributed by atoms with van der Waals surface area (Å²) in [5.74, 6) is 0.848. The average Bonchev–Trinajstić information content (AvgIpc) is 2.59. The van der Waals surface area contributed by atoms with Gasteiger partial charge in [0, 0.05) is 10.9 Å². The maximum atomic E-state index is 12.8. The van der Waals surface area contributed by atoms with Crippen molar-refractivity contribution >= 4 is 78.2 Å². The number of hydrogen-bond acceptors (Lipinski definition) is 4. The van der Waals surface area contributed by atoms with Crippen LogP contribution in [-0.2, 0) is 6.42 Å². The molecule has 0 bridgehead atoms. The highest BCUT2D eigenvalue weighted by Gasteiger charge is 2.10. The van der Waals surface area contributed by atoms with Crippen molar-refractivity contribution in [2.75, 3.05) is 0 Å². The van der Waals surface area contributed by atoms with Gasteiger partial charge < -0.3 is 5.11 Å². The Bertz CT molecular complexity index is 1040. The van der Waals surface area contributed by atoms with Crippen LogP contribution in [0.15, 0.2) is 44.7 Å². The third kappa shape index (κ3) is 3.90. The maximum absolute atomic E-state index is 12.8. The van der Waals surface area contributed by atoms with Gasteiger partial charge in [-0.3, -0.25) is 4.79 Å². The summed E-state index contributed by atoms with van der Waals surface area (Å²) in [6.45, 7) is 1.94. The molecule has 128 valence electrons. The molecule has 2 aromatic carbocycles. The molecule has 1 heterocycles. The van der Waals surface area contributed by atoms with E-state index >= 15 is 0 Å². The van der Waals surface area contributed by atoms with Crippen LogP contribution >= 0.6 is 61.1 Å². The number of hydrogen-bond donors (Lipinski definition) is 1. The van der Waals surface area contributed by atoms with Crippen molar-refractivity contribution in [1.82, 2.24) is 9.66 Å². The summed E-state index contributed by atoms with van der Waals surface area (Å²) >= 11 is 7.51. The first-order valence-corrected chi connectivity index (χ1v) is 10.3. The van der Waals surface area contributed by atoms with E-state index in [1.54, 1.807) is 12.3 Å². The van der Waals surface area contributed by atoms with Crippen LogP contribution in [0.3, 0.4) is 0 Å². The zero-order chi connectivity index (χ0) is 18.1. The van der Waals surface area contributed by atoms with Crippen LogP contribution in [0.5, 0.6) is 5.75 Å². The van der Waals surface area contributed by atoms with E-state index in [0.717, 1.165) is 17.2 Å².